The predicted molar refractivity (Wildman–Crippen MR) is 73.6 cm³/mol. The summed E-state index contributed by atoms with van der Waals surface area (Å²) in [5, 5.41) is 0. The van der Waals surface area contributed by atoms with Crippen molar-refractivity contribution in [1.29, 1.82) is 0 Å². The molecule has 2 rings (SSSR count). The minimum absolute atomic E-state index is 0.601. The average Bonchev–Trinajstić information content (AvgIpc) is 2.18. The van der Waals surface area contributed by atoms with Crippen LogP contribution in [0.1, 0.15) is 46.5 Å². The first kappa shape index (κ1) is 12.2. The molecule has 0 nitrogen and oxygen atoms in total. The van der Waals surface area contributed by atoms with Crippen LogP contribution in [-0.4, -0.2) is 15.6 Å². The van der Waals surface area contributed by atoms with E-state index in [1.165, 1.54) is 37.2 Å². The Bertz CT molecular complexity index is 207. The third-order valence-electron chi connectivity index (χ3n) is 3.95. The Labute approximate surface area is 103 Å². The monoisotopic (exact) mass is 244 g/mol. The Balaban J connectivity index is 2.14. The highest BCUT2D eigenvalue weighted by Crippen LogP contribution is 2.57. The van der Waals surface area contributed by atoms with Crippen LogP contribution in [0.15, 0.2) is 0 Å². The van der Waals surface area contributed by atoms with Gasteiger partial charge in [-0.2, -0.15) is 0 Å². The zero-order valence-electron chi connectivity index (χ0n) is 10.3. The maximum Gasteiger partial charge on any atom is 0.0644 e. The Hall–Kier alpha value is 0.700. The van der Waals surface area contributed by atoms with Crippen molar-refractivity contribution in [3.63, 3.8) is 0 Å². The van der Waals surface area contributed by atoms with Gasteiger partial charge in [0, 0.05) is 0 Å². The second-order valence-corrected chi connectivity index (χ2v) is 8.71. The van der Waals surface area contributed by atoms with E-state index in [4.69, 9.17) is 0 Å². The van der Waals surface area contributed by atoms with Gasteiger partial charge in [0.1, 0.15) is 0 Å². The molecule has 0 radical (unpaired) electrons. The molecule has 2 atom stereocenters. The van der Waals surface area contributed by atoms with Crippen molar-refractivity contribution in [2.45, 2.75) is 50.5 Å². The summed E-state index contributed by atoms with van der Waals surface area (Å²) < 4.78 is 0.601. The zero-order chi connectivity index (χ0) is 10.9. The van der Waals surface area contributed by atoms with Crippen molar-refractivity contribution in [2.75, 3.05) is 11.5 Å². The molecule has 0 amide bonds. The number of thioether (sulfide) groups is 2. The lowest BCUT2D eigenvalue weighted by atomic mass is 9.76. The van der Waals surface area contributed by atoms with E-state index >= 15 is 0 Å². The highest BCUT2D eigenvalue weighted by Gasteiger charge is 2.45. The molecular weight excluding hydrogens is 220 g/mol. The van der Waals surface area contributed by atoms with Crippen molar-refractivity contribution in [2.24, 2.45) is 17.8 Å². The summed E-state index contributed by atoms with van der Waals surface area (Å²) in [4.78, 5) is 0. The van der Waals surface area contributed by atoms with Gasteiger partial charge in [-0.05, 0) is 48.5 Å². The molecule has 1 spiro atoms. The minimum atomic E-state index is 0.601. The summed E-state index contributed by atoms with van der Waals surface area (Å²) in [6.07, 6.45) is 5.83. The summed E-state index contributed by atoms with van der Waals surface area (Å²) in [5.41, 5.74) is 0. The molecule has 2 aliphatic rings. The molecule has 88 valence electrons. The molecule has 1 aliphatic heterocycles. The van der Waals surface area contributed by atoms with Gasteiger partial charge in [0.05, 0.1) is 4.08 Å². The first-order valence-corrected chi connectivity index (χ1v) is 8.39. The lowest BCUT2D eigenvalue weighted by molar-refractivity contribution is 0.226. The SMILES string of the molecule is CC(C)[C@H]1CC[C@H](C)CC12SCCCS2. The van der Waals surface area contributed by atoms with Gasteiger partial charge >= 0.3 is 0 Å². The molecule has 0 aromatic rings. The number of hydrogen-bond acceptors (Lipinski definition) is 2. The van der Waals surface area contributed by atoms with Gasteiger partial charge in [-0.1, -0.05) is 27.2 Å². The molecule has 15 heavy (non-hydrogen) atoms. The van der Waals surface area contributed by atoms with Crippen LogP contribution in [0.4, 0.5) is 0 Å². The molecule has 1 aliphatic carbocycles. The van der Waals surface area contributed by atoms with Crippen LogP contribution in [0.3, 0.4) is 0 Å². The van der Waals surface area contributed by atoms with E-state index in [2.05, 4.69) is 44.3 Å². The second-order valence-electron chi connectivity index (χ2n) is 5.60. The molecule has 1 saturated heterocycles. The fraction of sp³-hybridized carbons (Fsp3) is 1.00. The highest BCUT2D eigenvalue weighted by atomic mass is 32.2. The van der Waals surface area contributed by atoms with Gasteiger partial charge in [0.2, 0.25) is 0 Å². The fourth-order valence-corrected chi connectivity index (χ4v) is 7.48. The van der Waals surface area contributed by atoms with Crippen molar-refractivity contribution in [3.05, 3.63) is 0 Å². The van der Waals surface area contributed by atoms with E-state index < -0.39 is 0 Å². The summed E-state index contributed by atoms with van der Waals surface area (Å²) in [6.45, 7) is 7.31. The number of hydrogen-bond donors (Lipinski definition) is 0. The molecule has 0 N–H and O–H groups in total. The molecule has 1 saturated carbocycles. The number of rotatable bonds is 1. The Morgan fingerprint density at radius 2 is 1.80 bits per heavy atom. The van der Waals surface area contributed by atoms with Crippen molar-refractivity contribution < 1.29 is 0 Å². The first-order valence-electron chi connectivity index (χ1n) is 6.42. The summed E-state index contributed by atoms with van der Waals surface area (Å²) in [5.74, 6) is 5.60. The van der Waals surface area contributed by atoms with E-state index in [9.17, 15) is 0 Å². The van der Waals surface area contributed by atoms with Crippen LogP contribution in [0.25, 0.3) is 0 Å². The second kappa shape index (κ2) is 4.91. The standard InChI is InChI=1S/C13H24S2/c1-10(2)12-6-5-11(3)9-13(12)14-7-4-8-15-13/h10-12H,4-9H2,1-3H3/t11-,12+/m0/s1. The predicted octanol–water partition coefficient (Wildman–Crippen LogP) is 4.65. The zero-order valence-corrected chi connectivity index (χ0v) is 11.9. The molecule has 1 heterocycles. The normalized spacial score (nSPS) is 36.0. The van der Waals surface area contributed by atoms with Gasteiger partial charge in [-0.3, -0.25) is 0 Å². The molecule has 0 bridgehead atoms. The van der Waals surface area contributed by atoms with Crippen molar-refractivity contribution in [1.82, 2.24) is 0 Å². The highest BCUT2D eigenvalue weighted by molar-refractivity contribution is 8.18. The average molecular weight is 244 g/mol. The van der Waals surface area contributed by atoms with Gasteiger partial charge in [-0.15, -0.1) is 23.5 Å². The van der Waals surface area contributed by atoms with E-state index in [0.29, 0.717) is 4.08 Å². The molecule has 2 heteroatoms. The maximum atomic E-state index is 2.45. The Kier molecular flexibility index (Phi) is 3.98. The smallest absolute Gasteiger partial charge is 0.0644 e. The molecule has 0 unspecified atom stereocenters. The summed E-state index contributed by atoms with van der Waals surface area (Å²) >= 11 is 4.58. The lowest BCUT2D eigenvalue weighted by Gasteiger charge is -2.49. The first-order chi connectivity index (χ1) is 7.14. The topological polar surface area (TPSA) is 0 Å². The van der Waals surface area contributed by atoms with E-state index in [1.54, 1.807) is 0 Å². The van der Waals surface area contributed by atoms with Crippen molar-refractivity contribution in [3.8, 4) is 0 Å². The summed E-state index contributed by atoms with van der Waals surface area (Å²) in [6, 6.07) is 0. The van der Waals surface area contributed by atoms with E-state index in [1.807, 2.05) is 0 Å². The quantitative estimate of drug-likeness (QED) is 0.659. The van der Waals surface area contributed by atoms with Gasteiger partial charge in [0.15, 0.2) is 0 Å². The third-order valence-corrected chi connectivity index (χ3v) is 7.56. The molecule has 2 fully saturated rings. The van der Waals surface area contributed by atoms with E-state index in [0.717, 1.165) is 17.8 Å². The van der Waals surface area contributed by atoms with Crippen molar-refractivity contribution >= 4 is 23.5 Å². The largest absolute Gasteiger partial charge is 0.144 e. The molecular formula is C13H24S2. The van der Waals surface area contributed by atoms with Crippen LogP contribution >= 0.6 is 23.5 Å². The van der Waals surface area contributed by atoms with E-state index in [-0.39, 0.29) is 0 Å². The fourth-order valence-electron chi connectivity index (χ4n) is 3.19. The summed E-state index contributed by atoms with van der Waals surface area (Å²) in [7, 11) is 0. The maximum absolute atomic E-state index is 2.45. The molecule has 0 aromatic heterocycles. The van der Waals surface area contributed by atoms with Crippen LogP contribution < -0.4 is 0 Å². The lowest BCUT2D eigenvalue weighted by Crippen LogP contribution is -2.42. The van der Waals surface area contributed by atoms with Crippen LogP contribution in [0.2, 0.25) is 0 Å². The van der Waals surface area contributed by atoms with Crippen LogP contribution in [0, 0.1) is 17.8 Å². The van der Waals surface area contributed by atoms with Crippen LogP contribution in [-0.2, 0) is 0 Å². The van der Waals surface area contributed by atoms with Crippen LogP contribution in [0.5, 0.6) is 0 Å². The minimum Gasteiger partial charge on any atom is -0.144 e. The van der Waals surface area contributed by atoms with Gasteiger partial charge in [0.25, 0.3) is 0 Å². The Morgan fingerprint density at radius 3 is 2.40 bits per heavy atom. The molecule has 0 aromatic carbocycles. The third kappa shape index (κ3) is 2.52. The Morgan fingerprint density at radius 1 is 1.13 bits per heavy atom. The van der Waals surface area contributed by atoms with Gasteiger partial charge < -0.3 is 0 Å². The van der Waals surface area contributed by atoms with Gasteiger partial charge in [-0.25, -0.2) is 0 Å².